The Balaban J connectivity index is 3.55. The lowest BCUT2D eigenvalue weighted by Crippen LogP contribution is -2.54. The summed E-state index contributed by atoms with van der Waals surface area (Å²) in [5.41, 5.74) is 7.22. The molecule has 208 valence electrons. The fraction of sp³-hybridized carbons (Fsp3) is 0.643. The predicted molar refractivity (Wildman–Crippen MR) is 145 cm³/mol. The van der Waals surface area contributed by atoms with Gasteiger partial charge in [-0.3, -0.25) is 14.4 Å². The molecule has 0 radical (unpaired) electrons. The molecule has 0 bridgehead atoms. The predicted octanol–water partition coefficient (Wildman–Crippen LogP) is 4.05. The van der Waals surface area contributed by atoms with Gasteiger partial charge in [0.1, 0.15) is 17.7 Å². The van der Waals surface area contributed by atoms with E-state index in [1.807, 2.05) is 45.9 Å². The highest BCUT2D eigenvalue weighted by Crippen LogP contribution is 2.27. The van der Waals surface area contributed by atoms with Gasteiger partial charge < -0.3 is 26.0 Å². The van der Waals surface area contributed by atoms with Crippen LogP contribution in [0.1, 0.15) is 96.4 Å². The van der Waals surface area contributed by atoms with Crippen molar-refractivity contribution in [2.75, 3.05) is 6.54 Å². The molecule has 0 heterocycles. The Hall–Kier alpha value is -3.10. The van der Waals surface area contributed by atoms with Crippen LogP contribution in [0, 0.1) is 13.8 Å². The molecule has 2 unspecified atom stereocenters. The van der Waals surface area contributed by atoms with Crippen LogP contribution in [0.5, 0.6) is 0 Å². The molecule has 0 fully saturated rings. The van der Waals surface area contributed by atoms with Gasteiger partial charge >= 0.3 is 6.09 Å². The van der Waals surface area contributed by atoms with Gasteiger partial charge in [-0.05, 0) is 72.4 Å². The summed E-state index contributed by atoms with van der Waals surface area (Å²) in [5.74, 6) is -1.37. The van der Waals surface area contributed by atoms with Crippen LogP contribution in [0.25, 0.3) is 0 Å². The van der Waals surface area contributed by atoms with Crippen molar-refractivity contribution < 1.29 is 23.9 Å². The molecule has 1 rings (SSSR count). The maximum Gasteiger partial charge on any atom is 0.408 e. The molecule has 0 saturated heterocycles. The Morgan fingerprint density at radius 3 is 2.22 bits per heavy atom. The summed E-state index contributed by atoms with van der Waals surface area (Å²) in [5, 5.41) is 5.57. The second-order valence-corrected chi connectivity index (χ2v) is 10.9. The van der Waals surface area contributed by atoms with Gasteiger partial charge in [0.05, 0.1) is 0 Å². The van der Waals surface area contributed by atoms with Crippen LogP contribution in [-0.4, -0.2) is 52.9 Å². The quantitative estimate of drug-likeness (QED) is 0.339. The van der Waals surface area contributed by atoms with Gasteiger partial charge in [-0.2, -0.15) is 0 Å². The highest BCUT2D eigenvalue weighted by atomic mass is 16.6. The second kappa shape index (κ2) is 14.6. The van der Waals surface area contributed by atoms with Crippen molar-refractivity contribution in [2.45, 2.75) is 111 Å². The number of aryl methyl sites for hydroxylation is 2. The van der Waals surface area contributed by atoms with Crippen LogP contribution in [0.15, 0.2) is 18.2 Å². The van der Waals surface area contributed by atoms with Crippen molar-refractivity contribution in [1.29, 1.82) is 0 Å². The Bertz CT molecular complexity index is 939. The average Bonchev–Trinajstić information content (AvgIpc) is 2.74. The van der Waals surface area contributed by atoms with Crippen LogP contribution >= 0.6 is 0 Å². The van der Waals surface area contributed by atoms with Crippen molar-refractivity contribution in [3.8, 4) is 0 Å². The summed E-state index contributed by atoms with van der Waals surface area (Å²) >= 11 is 0. The normalized spacial score (nSPS) is 13.0. The maximum absolute atomic E-state index is 14.1. The molecule has 9 heteroatoms. The fourth-order valence-electron chi connectivity index (χ4n) is 4.04. The van der Waals surface area contributed by atoms with E-state index < -0.39 is 35.6 Å². The number of amides is 4. The molecule has 1 aromatic rings. The summed E-state index contributed by atoms with van der Waals surface area (Å²) in [6, 6.07) is 3.61. The second-order valence-electron chi connectivity index (χ2n) is 10.9. The van der Waals surface area contributed by atoms with E-state index in [1.54, 1.807) is 20.8 Å². The Labute approximate surface area is 221 Å². The SMILES string of the molecule is CCCCCN(C(=O)C(CCC(N)=O)NC(=O)OC(C)(C)C)C(C(=O)NC(C)C)c1ccc(C)cc1C. The third-order valence-electron chi connectivity index (χ3n) is 5.66. The summed E-state index contributed by atoms with van der Waals surface area (Å²) in [7, 11) is 0. The number of carbonyl (C=O) groups excluding carboxylic acids is 4. The number of alkyl carbamates (subject to hydrolysis) is 1. The summed E-state index contributed by atoms with van der Waals surface area (Å²) in [6.07, 6.45) is 1.56. The largest absolute Gasteiger partial charge is 0.444 e. The van der Waals surface area contributed by atoms with E-state index in [1.165, 1.54) is 4.90 Å². The standard InChI is InChI=1S/C28H46N4O5/c1-9-10-11-16-32(24(25(34)30-18(2)3)21-13-12-19(4)17-20(21)5)26(35)22(14-15-23(29)33)31-27(36)37-28(6,7)8/h12-13,17-18,22,24H,9-11,14-16H2,1-8H3,(H2,29,33)(H,30,34)(H,31,36). The third kappa shape index (κ3) is 11.2. The van der Waals surface area contributed by atoms with E-state index in [0.29, 0.717) is 18.5 Å². The van der Waals surface area contributed by atoms with Gasteiger partial charge in [0.15, 0.2) is 0 Å². The van der Waals surface area contributed by atoms with E-state index in [0.717, 1.165) is 24.0 Å². The van der Waals surface area contributed by atoms with Crippen molar-refractivity contribution in [3.05, 3.63) is 34.9 Å². The molecule has 0 aliphatic heterocycles. The number of hydrogen-bond donors (Lipinski definition) is 3. The van der Waals surface area contributed by atoms with Gasteiger partial charge in [-0.15, -0.1) is 0 Å². The minimum Gasteiger partial charge on any atom is -0.444 e. The van der Waals surface area contributed by atoms with Crippen LogP contribution in [0.3, 0.4) is 0 Å². The minimum absolute atomic E-state index is 0.0108. The highest BCUT2D eigenvalue weighted by molar-refractivity contribution is 5.92. The number of ether oxygens (including phenoxy) is 1. The zero-order valence-electron chi connectivity index (χ0n) is 23.8. The zero-order chi connectivity index (χ0) is 28.3. The van der Waals surface area contributed by atoms with Crippen molar-refractivity contribution in [3.63, 3.8) is 0 Å². The minimum atomic E-state index is -1.09. The molecule has 0 spiro atoms. The molecule has 0 aliphatic rings. The first-order chi connectivity index (χ1) is 17.2. The average molecular weight is 519 g/mol. The number of benzene rings is 1. The van der Waals surface area contributed by atoms with Gasteiger partial charge in [0, 0.05) is 19.0 Å². The number of hydrogen-bond acceptors (Lipinski definition) is 5. The number of nitrogens with two attached hydrogens (primary N) is 1. The molecule has 4 N–H and O–H groups in total. The van der Waals surface area contributed by atoms with Crippen molar-refractivity contribution >= 4 is 23.8 Å². The molecule has 0 aromatic heterocycles. The van der Waals surface area contributed by atoms with Gasteiger partial charge in [-0.25, -0.2) is 4.79 Å². The molecular weight excluding hydrogens is 472 g/mol. The number of primary amides is 1. The number of rotatable bonds is 13. The third-order valence-corrected chi connectivity index (χ3v) is 5.66. The Kier molecular flexibility index (Phi) is 12.6. The molecular formula is C28H46N4O5. The maximum atomic E-state index is 14.1. The lowest BCUT2D eigenvalue weighted by atomic mass is 9.95. The van der Waals surface area contributed by atoms with Crippen LogP contribution in [0.2, 0.25) is 0 Å². The number of unbranched alkanes of at least 4 members (excludes halogenated alkanes) is 2. The lowest BCUT2D eigenvalue weighted by molar-refractivity contribution is -0.143. The van der Waals surface area contributed by atoms with E-state index in [2.05, 4.69) is 17.6 Å². The monoisotopic (exact) mass is 518 g/mol. The van der Waals surface area contributed by atoms with Gasteiger partial charge in [-0.1, -0.05) is 43.5 Å². The van der Waals surface area contributed by atoms with E-state index in [4.69, 9.17) is 10.5 Å². The number of carbonyl (C=O) groups is 4. The van der Waals surface area contributed by atoms with Crippen molar-refractivity contribution in [2.24, 2.45) is 5.73 Å². The summed E-state index contributed by atoms with van der Waals surface area (Å²) in [4.78, 5) is 53.3. The van der Waals surface area contributed by atoms with Gasteiger partial charge in [0.2, 0.25) is 17.7 Å². The Morgan fingerprint density at radius 2 is 1.70 bits per heavy atom. The fourth-order valence-corrected chi connectivity index (χ4v) is 4.04. The summed E-state index contributed by atoms with van der Waals surface area (Å²) < 4.78 is 5.36. The topological polar surface area (TPSA) is 131 Å². The zero-order valence-corrected chi connectivity index (χ0v) is 23.8. The van der Waals surface area contributed by atoms with Crippen LogP contribution in [-0.2, 0) is 19.1 Å². The number of nitrogens with one attached hydrogen (secondary N) is 2. The highest BCUT2D eigenvalue weighted by Gasteiger charge is 2.37. The first-order valence-electron chi connectivity index (χ1n) is 13.1. The summed E-state index contributed by atoms with van der Waals surface area (Å²) in [6.45, 7) is 15.1. The van der Waals surface area contributed by atoms with Crippen LogP contribution < -0.4 is 16.4 Å². The molecule has 0 aliphatic carbocycles. The first kappa shape index (κ1) is 31.9. The molecule has 4 amide bonds. The molecule has 0 saturated carbocycles. The van der Waals surface area contributed by atoms with E-state index >= 15 is 0 Å². The number of nitrogens with zero attached hydrogens (tertiary/aromatic N) is 1. The van der Waals surface area contributed by atoms with Gasteiger partial charge in [0.25, 0.3) is 0 Å². The van der Waals surface area contributed by atoms with E-state index in [-0.39, 0.29) is 24.8 Å². The van der Waals surface area contributed by atoms with Crippen LogP contribution in [0.4, 0.5) is 4.79 Å². The first-order valence-corrected chi connectivity index (χ1v) is 13.1. The van der Waals surface area contributed by atoms with E-state index in [9.17, 15) is 19.2 Å². The molecule has 2 atom stereocenters. The smallest absolute Gasteiger partial charge is 0.408 e. The lowest BCUT2D eigenvalue weighted by Gasteiger charge is -2.35. The molecule has 37 heavy (non-hydrogen) atoms. The molecule has 1 aromatic carbocycles. The van der Waals surface area contributed by atoms with Crippen molar-refractivity contribution in [1.82, 2.24) is 15.5 Å². The Morgan fingerprint density at radius 1 is 1.05 bits per heavy atom. The molecule has 9 nitrogen and oxygen atoms in total.